The van der Waals surface area contributed by atoms with Gasteiger partial charge in [-0.25, -0.2) is 4.39 Å². The number of rotatable bonds is 4. The van der Waals surface area contributed by atoms with Crippen LogP contribution >= 0.6 is 15.9 Å². The van der Waals surface area contributed by atoms with Gasteiger partial charge in [0, 0.05) is 11.1 Å². The number of alkyl halides is 2. The number of hydrogen-bond donors (Lipinski definition) is 0. The van der Waals surface area contributed by atoms with E-state index in [-0.39, 0.29) is 16.0 Å². The third kappa shape index (κ3) is 3.39. The zero-order chi connectivity index (χ0) is 14.7. The van der Waals surface area contributed by atoms with E-state index in [1.54, 1.807) is 0 Å². The molecule has 0 aliphatic carbocycles. The fourth-order valence-electron chi connectivity index (χ4n) is 1.59. The van der Waals surface area contributed by atoms with Gasteiger partial charge in [-0.15, -0.1) is 0 Å². The van der Waals surface area contributed by atoms with Crippen molar-refractivity contribution < 1.29 is 22.7 Å². The predicted molar refractivity (Wildman–Crippen MR) is 70.6 cm³/mol. The lowest BCUT2D eigenvalue weighted by molar-refractivity contribution is -0.0498. The molecule has 0 saturated carbocycles. The molecule has 0 aromatic heterocycles. The molecule has 2 aromatic carbocycles. The van der Waals surface area contributed by atoms with Crippen molar-refractivity contribution in [2.45, 2.75) is 6.61 Å². The second-order valence-corrected chi connectivity index (χ2v) is 4.72. The monoisotopic (exact) mass is 344 g/mol. The molecule has 0 spiro atoms. The van der Waals surface area contributed by atoms with Crippen LogP contribution in [0.3, 0.4) is 0 Å². The van der Waals surface area contributed by atoms with Gasteiger partial charge in [0.05, 0.1) is 4.47 Å². The molecular formula is C14H8BrF3O2. The summed E-state index contributed by atoms with van der Waals surface area (Å²) in [7, 11) is 0. The third-order valence-electron chi connectivity index (χ3n) is 2.52. The molecule has 0 atom stereocenters. The summed E-state index contributed by atoms with van der Waals surface area (Å²) in [5.41, 5.74) is 0.589. The summed E-state index contributed by atoms with van der Waals surface area (Å²) in [4.78, 5) is 12.1. The van der Waals surface area contributed by atoms with Gasteiger partial charge >= 0.3 is 6.61 Å². The maximum Gasteiger partial charge on any atom is 0.387 e. The minimum absolute atomic E-state index is 0.0307. The van der Waals surface area contributed by atoms with Crippen molar-refractivity contribution in [3.8, 4) is 5.75 Å². The molecule has 0 N–H and O–H groups in total. The van der Waals surface area contributed by atoms with E-state index in [1.165, 1.54) is 42.5 Å². The first kappa shape index (κ1) is 14.6. The zero-order valence-corrected chi connectivity index (χ0v) is 11.5. The lowest BCUT2D eigenvalue weighted by Crippen LogP contribution is -2.04. The molecule has 0 radical (unpaired) electrons. The Labute approximate surface area is 121 Å². The standard InChI is InChI=1S/C14H8BrF3O2/c15-11-7-9(3-6-12(11)16)13(19)8-1-4-10(5-2-8)20-14(17)18/h1-7,14H. The van der Waals surface area contributed by atoms with Gasteiger partial charge in [-0.05, 0) is 58.4 Å². The van der Waals surface area contributed by atoms with Gasteiger partial charge in [0.2, 0.25) is 0 Å². The van der Waals surface area contributed by atoms with E-state index in [1.807, 2.05) is 0 Å². The number of carbonyl (C=O) groups excluding carboxylic acids is 1. The molecule has 0 fully saturated rings. The lowest BCUT2D eigenvalue weighted by atomic mass is 10.0. The molecule has 20 heavy (non-hydrogen) atoms. The number of benzene rings is 2. The fraction of sp³-hybridized carbons (Fsp3) is 0.0714. The normalized spacial score (nSPS) is 10.7. The summed E-state index contributed by atoms with van der Waals surface area (Å²) in [5, 5.41) is 0. The number of carbonyl (C=O) groups is 1. The van der Waals surface area contributed by atoms with Gasteiger partial charge in [0.1, 0.15) is 11.6 Å². The van der Waals surface area contributed by atoms with Crippen LogP contribution in [-0.4, -0.2) is 12.4 Å². The highest BCUT2D eigenvalue weighted by Crippen LogP contribution is 2.21. The van der Waals surface area contributed by atoms with E-state index in [0.717, 1.165) is 0 Å². The summed E-state index contributed by atoms with van der Waals surface area (Å²) >= 11 is 3.00. The average molecular weight is 345 g/mol. The molecule has 0 aliphatic rings. The lowest BCUT2D eigenvalue weighted by Gasteiger charge is -2.06. The summed E-state index contributed by atoms with van der Waals surface area (Å²) in [6.07, 6.45) is 0. The van der Waals surface area contributed by atoms with E-state index in [2.05, 4.69) is 20.7 Å². The Morgan fingerprint density at radius 3 is 2.20 bits per heavy atom. The Morgan fingerprint density at radius 1 is 1.05 bits per heavy atom. The van der Waals surface area contributed by atoms with Gasteiger partial charge in [-0.3, -0.25) is 4.79 Å². The molecule has 0 saturated heterocycles. The number of halogens is 4. The van der Waals surface area contributed by atoms with Crippen molar-refractivity contribution >= 4 is 21.7 Å². The Morgan fingerprint density at radius 2 is 1.65 bits per heavy atom. The third-order valence-corrected chi connectivity index (χ3v) is 3.13. The second kappa shape index (κ2) is 6.09. The first-order valence-electron chi connectivity index (χ1n) is 5.52. The molecule has 0 unspecified atom stereocenters. The molecule has 0 amide bonds. The first-order valence-corrected chi connectivity index (χ1v) is 6.31. The van der Waals surface area contributed by atoms with Gasteiger partial charge in [-0.2, -0.15) is 8.78 Å². The van der Waals surface area contributed by atoms with Crippen LogP contribution in [0.2, 0.25) is 0 Å². The molecule has 104 valence electrons. The molecule has 0 bridgehead atoms. The van der Waals surface area contributed by atoms with E-state index in [9.17, 15) is 18.0 Å². The van der Waals surface area contributed by atoms with Crippen molar-refractivity contribution in [3.05, 3.63) is 63.9 Å². The van der Waals surface area contributed by atoms with Crippen molar-refractivity contribution in [1.29, 1.82) is 0 Å². The van der Waals surface area contributed by atoms with Gasteiger partial charge < -0.3 is 4.74 Å². The van der Waals surface area contributed by atoms with E-state index in [4.69, 9.17) is 0 Å². The van der Waals surface area contributed by atoms with Gasteiger partial charge in [0.15, 0.2) is 5.78 Å². The van der Waals surface area contributed by atoms with Crippen molar-refractivity contribution in [2.24, 2.45) is 0 Å². The SMILES string of the molecule is O=C(c1ccc(OC(F)F)cc1)c1ccc(F)c(Br)c1. The zero-order valence-electron chi connectivity index (χ0n) is 9.95. The van der Waals surface area contributed by atoms with Crippen LogP contribution in [0.1, 0.15) is 15.9 Å². The van der Waals surface area contributed by atoms with Crippen molar-refractivity contribution in [1.82, 2.24) is 0 Å². The Hall–Kier alpha value is -1.82. The molecule has 2 rings (SSSR count). The summed E-state index contributed by atoms with van der Waals surface area (Å²) in [5.74, 6) is -0.839. The van der Waals surface area contributed by atoms with E-state index < -0.39 is 12.4 Å². The molecular weight excluding hydrogens is 337 g/mol. The number of ketones is 1. The van der Waals surface area contributed by atoms with Crippen molar-refractivity contribution in [3.63, 3.8) is 0 Å². The van der Waals surface area contributed by atoms with E-state index in [0.29, 0.717) is 11.1 Å². The second-order valence-electron chi connectivity index (χ2n) is 3.86. The van der Waals surface area contributed by atoms with Crippen LogP contribution < -0.4 is 4.74 Å². The van der Waals surface area contributed by atoms with Crippen molar-refractivity contribution in [2.75, 3.05) is 0 Å². The Balaban J connectivity index is 2.22. The van der Waals surface area contributed by atoms with E-state index >= 15 is 0 Å². The minimum atomic E-state index is -2.91. The molecule has 2 aromatic rings. The van der Waals surface area contributed by atoms with Gasteiger partial charge in [0.25, 0.3) is 0 Å². The molecule has 6 heteroatoms. The Bertz CT molecular complexity index is 627. The molecule has 0 aliphatic heterocycles. The van der Waals surface area contributed by atoms with Crippen LogP contribution in [0, 0.1) is 5.82 Å². The predicted octanol–water partition coefficient (Wildman–Crippen LogP) is 4.42. The quantitative estimate of drug-likeness (QED) is 0.767. The van der Waals surface area contributed by atoms with Crippen LogP contribution in [0.5, 0.6) is 5.75 Å². The smallest absolute Gasteiger partial charge is 0.387 e. The van der Waals surface area contributed by atoms with Crippen LogP contribution in [0.15, 0.2) is 46.9 Å². The number of ether oxygens (including phenoxy) is 1. The Kier molecular flexibility index (Phi) is 4.44. The summed E-state index contributed by atoms with van der Waals surface area (Å²) < 4.78 is 41.5. The van der Waals surface area contributed by atoms with Crippen LogP contribution in [-0.2, 0) is 0 Å². The highest BCUT2D eigenvalue weighted by Gasteiger charge is 2.12. The van der Waals surface area contributed by atoms with Crippen LogP contribution in [0.4, 0.5) is 13.2 Å². The maximum atomic E-state index is 13.1. The summed E-state index contributed by atoms with van der Waals surface area (Å²) in [6, 6.07) is 9.18. The summed E-state index contributed by atoms with van der Waals surface area (Å²) in [6.45, 7) is -2.91. The minimum Gasteiger partial charge on any atom is -0.435 e. The molecule has 2 nitrogen and oxygen atoms in total. The highest BCUT2D eigenvalue weighted by molar-refractivity contribution is 9.10. The highest BCUT2D eigenvalue weighted by atomic mass is 79.9. The maximum absolute atomic E-state index is 13.1. The molecule has 0 heterocycles. The van der Waals surface area contributed by atoms with Crippen LogP contribution in [0.25, 0.3) is 0 Å². The topological polar surface area (TPSA) is 26.3 Å². The van der Waals surface area contributed by atoms with Gasteiger partial charge in [-0.1, -0.05) is 0 Å². The largest absolute Gasteiger partial charge is 0.435 e. The number of hydrogen-bond acceptors (Lipinski definition) is 2. The fourth-order valence-corrected chi connectivity index (χ4v) is 1.97. The first-order chi connectivity index (χ1) is 9.47. The average Bonchev–Trinajstić information content (AvgIpc) is 2.41.